The van der Waals surface area contributed by atoms with Crippen LogP contribution in [0.5, 0.6) is 0 Å². The second-order valence-corrected chi connectivity index (χ2v) is 5.62. The molecule has 0 saturated heterocycles. The third kappa shape index (κ3) is 3.70. The molecule has 1 unspecified atom stereocenters. The van der Waals surface area contributed by atoms with Gasteiger partial charge in [0.15, 0.2) is 0 Å². The van der Waals surface area contributed by atoms with Crippen molar-refractivity contribution in [3.05, 3.63) is 18.0 Å². The lowest BCUT2D eigenvalue weighted by molar-refractivity contribution is 0.341. The zero-order valence-corrected chi connectivity index (χ0v) is 10.2. The summed E-state index contributed by atoms with van der Waals surface area (Å²) in [5.74, 6) is 0. The predicted molar refractivity (Wildman–Crippen MR) is 60.6 cm³/mol. The summed E-state index contributed by atoms with van der Waals surface area (Å²) >= 11 is 5.95. The van der Waals surface area contributed by atoms with E-state index in [0.717, 1.165) is 18.5 Å². The van der Waals surface area contributed by atoms with Crippen molar-refractivity contribution in [1.29, 1.82) is 0 Å². The minimum Gasteiger partial charge on any atom is -0.272 e. The third-order valence-electron chi connectivity index (χ3n) is 2.20. The van der Waals surface area contributed by atoms with Crippen molar-refractivity contribution in [1.82, 2.24) is 9.78 Å². The summed E-state index contributed by atoms with van der Waals surface area (Å²) in [6.07, 6.45) is 5.01. The smallest absolute Gasteiger partial charge is 0.0588 e. The first-order valence-electron chi connectivity index (χ1n) is 5.05. The Morgan fingerprint density at radius 1 is 1.50 bits per heavy atom. The molecule has 0 aromatic carbocycles. The van der Waals surface area contributed by atoms with Crippen LogP contribution in [0.2, 0.25) is 0 Å². The van der Waals surface area contributed by atoms with Crippen LogP contribution in [-0.2, 0) is 6.54 Å². The van der Waals surface area contributed by atoms with Gasteiger partial charge in [0.2, 0.25) is 0 Å². The topological polar surface area (TPSA) is 17.8 Å². The van der Waals surface area contributed by atoms with Crippen molar-refractivity contribution >= 4 is 11.6 Å². The lowest BCUT2D eigenvalue weighted by Crippen LogP contribution is -2.10. The quantitative estimate of drug-likeness (QED) is 0.703. The van der Waals surface area contributed by atoms with E-state index in [9.17, 15) is 0 Å². The van der Waals surface area contributed by atoms with Crippen LogP contribution < -0.4 is 0 Å². The lowest BCUT2D eigenvalue weighted by atomic mass is 9.92. The fraction of sp³-hybridized carbons (Fsp3) is 0.727. The van der Waals surface area contributed by atoms with E-state index in [1.54, 1.807) is 0 Å². The van der Waals surface area contributed by atoms with Gasteiger partial charge in [-0.1, -0.05) is 20.8 Å². The lowest BCUT2D eigenvalue weighted by Gasteiger charge is -2.17. The molecule has 2 nitrogen and oxygen atoms in total. The van der Waals surface area contributed by atoms with Gasteiger partial charge in [0.25, 0.3) is 0 Å². The molecule has 0 bridgehead atoms. The minimum absolute atomic E-state index is 0.0541. The van der Waals surface area contributed by atoms with Gasteiger partial charge >= 0.3 is 0 Å². The first-order valence-corrected chi connectivity index (χ1v) is 5.48. The first kappa shape index (κ1) is 11.6. The maximum atomic E-state index is 5.95. The molecule has 0 aliphatic heterocycles. The number of nitrogens with zero attached hydrogens (tertiary/aromatic N) is 2. The van der Waals surface area contributed by atoms with Gasteiger partial charge < -0.3 is 0 Å². The molecule has 1 heterocycles. The number of rotatable bonds is 3. The second-order valence-electron chi connectivity index (χ2n) is 4.96. The van der Waals surface area contributed by atoms with Crippen LogP contribution in [0.3, 0.4) is 0 Å². The maximum absolute atomic E-state index is 5.95. The highest BCUT2D eigenvalue weighted by Crippen LogP contribution is 2.21. The summed E-state index contributed by atoms with van der Waals surface area (Å²) in [5, 5.41) is 4.33. The van der Waals surface area contributed by atoms with Crippen LogP contribution in [0.15, 0.2) is 12.4 Å². The molecule has 0 N–H and O–H groups in total. The zero-order valence-electron chi connectivity index (χ0n) is 9.42. The second kappa shape index (κ2) is 4.35. The van der Waals surface area contributed by atoms with E-state index in [0.29, 0.717) is 5.41 Å². The van der Waals surface area contributed by atoms with E-state index in [1.807, 2.05) is 24.0 Å². The highest BCUT2D eigenvalue weighted by molar-refractivity contribution is 6.20. The van der Waals surface area contributed by atoms with E-state index in [2.05, 4.69) is 25.9 Å². The number of hydrogen-bond acceptors (Lipinski definition) is 1. The third-order valence-corrected chi connectivity index (χ3v) is 2.46. The number of halogens is 1. The van der Waals surface area contributed by atoms with Crippen LogP contribution in [0.4, 0.5) is 0 Å². The first-order chi connectivity index (χ1) is 6.38. The Kier molecular flexibility index (Phi) is 3.59. The molecule has 3 heteroatoms. The van der Waals surface area contributed by atoms with Crippen molar-refractivity contribution in [2.24, 2.45) is 5.41 Å². The summed E-state index contributed by atoms with van der Waals surface area (Å²) in [4.78, 5) is 0. The van der Waals surface area contributed by atoms with Crippen LogP contribution in [0.1, 0.15) is 45.1 Å². The maximum Gasteiger partial charge on any atom is 0.0588 e. The average Bonchev–Trinajstić information content (AvgIpc) is 2.47. The van der Waals surface area contributed by atoms with Crippen LogP contribution >= 0.6 is 11.6 Å². The van der Waals surface area contributed by atoms with Crippen molar-refractivity contribution in [3.8, 4) is 0 Å². The van der Waals surface area contributed by atoms with E-state index < -0.39 is 0 Å². The van der Waals surface area contributed by atoms with E-state index >= 15 is 0 Å². The Bertz CT molecular complexity index is 284. The van der Waals surface area contributed by atoms with Gasteiger partial charge in [-0.3, -0.25) is 4.68 Å². The summed E-state index contributed by atoms with van der Waals surface area (Å²) in [7, 11) is 0. The summed E-state index contributed by atoms with van der Waals surface area (Å²) in [6, 6.07) is 0. The van der Waals surface area contributed by atoms with E-state index in [4.69, 9.17) is 11.6 Å². The molecule has 0 aliphatic carbocycles. The highest BCUT2D eigenvalue weighted by atomic mass is 35.5. The molecule has 0 aliphatic rings. The molecule has 0 amide bonds. The molecular weight excluding hydrogens is 196 g/mol. The fourth-order valence-corrected chi connectivity index (χ4v) is 1.27. The predicted octanol–water partition coefficient (Wildman–Crippen LogP) is 3.62. The molecule has 0 spiro atoms. The van der Waals surface area contributed by atoms with Gasteiger partial charge in [0.05, 0.1) is 11.6 Å². The van der Waals surface area contributed by atoms with Crippen molar-refractivity contribution in [2.75, 3.05) is 0 Å². The van der Waals surface area contributed by atoms with Crippen LogP contribution in [0, 0.1) is 5.41 Å². The summed E-state index contributed by atoms with van der Waals surface area (Å²) < 4.78 is 1.97. The van der Waals surface area contributed by atoms with E-state index in [-0.39, 0.29) is 5.38 Å². The molecule has 14 heavy (non-hydrogen) atoms. The molecule has 0 radical (unpaired) electrons. The molecule has 1 rings (SSSR count). The number of aromatic nitrogens is 2. The highest BCUT2D eigenvalue weighted by Gasteiger charge is 2.11. The van der Waals surface area contributed by atoms with Gasteiger partial charge in [-0.25, -0.2) is 0 Å². The fourth-order valence-electron chi connectivity index (χ4n) is 1.16. The Morgan fingerprint density at radius 3 is 2.57 bits per heavy atom. The van der Waals surface area contributed by atoms with Gasteiger partial charge in [-0.2, -0.15) is 5.10 Å². The largest absolute Gasteiger partial charge is 0.272 e. The Labute approximate surface area is 91.3 Å². The van der Waals surface area contributed by atoms with Crippen molar-refractivity contribution < 1.29 is 0 Å². The van der Waals surface area contributed by atoms with Crippen molar-refractivity contribution in [3.63, 3.8) is 0 Å². The minimum atomic E-state index is 0.0541. The van der Waals surface area contributed by atoms with Crippen LogP contribution in [0.25, 0.3) is 0 Å². The Balaban J connectivity index is 2.52. The average molecular weight is 215 g/mol. The summed E-state index contributed by atoms with van der Waals surface area (Å²) in [6.45, 7) is 9.64. The van der Waals surface area contributed by atoms with Gasteiger partial charge in [-0.05, 0) is 18.8 Å². The Hall–Kier alpha value is -0.500. The Morgan fingerprint density at radius 2 is 2.14 bits per heavy atom. The van der Waals surface area contributed by atoms with E-state index in [1.165, 1.54) is 0 Å². The molecule has 0 fully saturated rings. The molecule has 80 valence electrons. The zero-order chi connectivity index (χ0) is 10.8. The SMILES string of the molecule is CC(Cl)c1cnn(CCC(C)(C)C)c1. The van der Waals surface area contributed by atoms with Crippen LogP contribution in [-0.4, -0.2) is 9.78 Å². The molecule has 1 atom stereocenters. The molecule has 0 saturated carbocycles. The molecular formula is C11H19ClN2. The number of hydrogen-bond donors (Lipinski definition) is 0. The normalized spacial score (nSPS) is 14.4. The monoisotopic (exact) mass is 214 g/mol. The van der Waals surface area contributed by atoms with Gasteiger partial charge in [-0.15, -0.1) is 11.6 Å². The number of aryl methyl sites for hydroxylation is 1. The van der Waals surface area contributed by atoms with Gasteiger partial charge in [0, 0.05) is 18.3 Å². The molecule has 1 aromatic rings. The summed E-state index contributed by atoms with van der Waals surface area (Å²) in [5.41, 5.74) is 1.46. The van der Waals surface area contributed by atoms with Gasteiger partial charge in [0.1, 0.15) is 0 Å². The number of alkyl halides is 1. The standard InChI is InChI=1S/C11H19ClN2/c1-9(12)10-7-13-14(8-10)6-5-11(2,3)4/h7-9H,5-6H2,1-4H3. The van der Waals surface area contributed by atoms with Crippen molar-refractivity contribution in [2.45, 2.75) is 46.0 Å². The molecule has 1 aromatic heterocycles.